The summed E-state index contributed by atoms with van der Waals surface area (Å²) in [5, 5.41) is 14.7. The summed E-state index contributed by atoms with van der Waals surface area (Å²) in [6.45, 7) is 8.69. The minimum atomic E-state index is 0.131. The SMILES string of the molecule is CC(Nc1cnnc(Nc2ccc(C(C)(C)C)cc2)n1)c1ccccc1. The zero-order valence-corrected chi connectivity index (χ0v) is 15.7. The highest BCUT2D eigenvalue weighted by molar-refractivity contribution is 5.55. The number of benzene rings is 2. The molecule has 0 aliphatic rings. The van der Waals surface area contributed by atoms with Crippen molar-refractivity contribution in [2.45, 2.75) is 39.2 Å². The van der Waals surface area contributed by atoms with Crippen molar-refractivity contribution in [3.05, 3.63) is 71.9 Å². The Morgan fingerprint density at radius 1 is 0.923 bits per heavy atom. The second kappa shape index (κ2) is 7.52. The smallest absolute Gasteiger partial charge is 0.249 e. The van der Waals surface area contributed by atoms with Crippen molar-refractivity contribution < 1.29 is 0 Å². The van der Waals surface area contributed by atoms with Crippen LogP contribution in [0.3, 0.4) is 0 Å². The first-order valence-corrected chi connectivity index (χ1v) is 8.80. The minimum absolute atomic E-state index is 0.131. The number of rotatable bonds is 5. The number of anilines is 3. The zero-order chi connectivity index (χ0) is 18.6. The molecule has 1 aromatic heterocycles. The van der Waals surface area contributed by atoms with Crippen molar-refractivity contribution >= 4 is 17.5 Å². The number of hydrogen-bond acceptors (Lipinski definition) is 5. The maximum absolute atomic E-state index is 4.51. The van der Waals surface area contributed by atoms with Gasteiger partial charge in [0.25, 0.3) is 0 Å². The monoisotopic (exact) mass is 347 g/mol. The van der Waals surface area contributed by atoms with Gasteiger partial charge in [-0.3, -0.25) is 0 Å². The van der Waals surface area contributed by atoms with E-state index >= 15 is 0 Å². The Morgan fingerprint density at radius 3 is 2.27 bits per heavy atom. The normalized spacial score (nSPS) is 12.5. The van der Waals surface area contributed by atoms with Crippen molar-refractivity contribution in [2.75, 3.05) is 10.6 Å². The van der Waals surface area contributed by atoms with E-state index in [1.54, 1.807) is 6.20 Å². The third-order valence-electron chi connectivity index (χ3n) is 4.23. The van der Waals surface area contributed by atoms with Gasteiger partial charge in [0.1, 0.15) is 0 Å². The van der Waals surface area contributed by atoms with Crippen molar-refractivity contribution in [1.82, 2.24) is 15.2 Å². The molecule has 1 unspecified atom stereocenters. The number of nitrogens with zero attached hydrogens (tertiary/aromatic N) is 3. The summed E-state index contributed by atoms with van der Waals surface area (Å²) in [6.07, 6.45) is 1.63. The molecule has 1 atom stereocenters. The van der Waals surface area contributed by atoms with Gasteiger partial charge in [-0.15, -0.1) is 5.10 Å². The summed E-state index contributed by atoms with van der Waals surface area (Å²) in [7, 11) is 0. The molecule has 0 saturated heterocycles. The first kappa shape index (κ1) is 17.9. The van der Waals surface area contributed by atoms with Gasteiger partial charge < -0.3 is 10.6 Å². The van der Waals surface area contributed by atoms with Gasteiger partial charge in [-0.25, -0.2) is 0 Å². The van der Waals surface area contributed by atoms with Gasteiger partial charge >= 0.3 is 0 Å². The largest absolute Gasteiger partial charge is 0.362 e. The molecule has 0 amide bonds. The van der Waals surface area contributed by atoms with Crippen molar-refractivity contribution in [3.63, 3.8) is 0 Å². The summed E-state index contributed by atoms with van der Waals surface area (Å²) >= 11 is 0. The molecule has 5 nitrogen and oxygen atoms in total. The second-order valence-electron chi connectivity index (χ2n) is 7.39. The van der Waals surface area contributed by atoms with Crippen LogP contribution in [-0.4, -0.2) is 15.2 Å². The summed E-state index contributed by atoms with van der Waals surface area (Å²) < 4.78 is 0. The second-order valence-corrected chi connectivity index (χ2v) is 7.39. The topological polar surface area (TPSA) is 62.7 Å². The molecule has 5 heteroatoms. The molecule has 0 saturated carbocycles. The summed E-state index contributed by atoms with van der Waals surface area (Å²) in [4.78, 5) is 4.51. The third-order valence-corrected chi connectivity index (χ3v) is 4.23. The molecule has 3 rings (SSSR count). The van der Waals surface area contributed by atoms with Crippen LogP contribution in [0.2, 0.25) is 0 Å². The molecule has 26 heavy (non-hydrogen) atoms. The van der Waals surface area contributed by atoms with E-state index in [2.05, 4.69) is 77.8 Å². The maximum Gasteiger partial charge on any atom is 0.249 e. The van der Waals surface area contributed by atoms with E-state index in [9.17, 15) is 0 Å². The molecule has 2 N–H and O–H groups in total. The molecule has 2 aromatic carbocycles. The van der Waals surface area contributed by atoms with E-state index in [0.29, 0.717) is 11.8 Å². The lowest BCUT2D eigenvalue weighted by atomic mass is 9.87. The van der Waals surface area contributed by atoms with Crippen LogP contribution in [-0.2, 0) is 5.41 Å². The standard InChI is InChI=1S/C21H25N5/c1-15(16-8-6-5-7-9-16)23-19-14-22-26-20(25-19)24-18-12-10-17(11-13-18)21(2,3)4/h5-15H,1-4H3,(H2,23,24,25,26). The van der Waals surface area contributed by atoms with Crippen molar-refractivity contribution in [2.24, 2.45) is 0 Å². The number of nitrogens with one attached hydrogen (secondary N) is 2. The average Bonchev–Trinajstić information content (AvgIpc) is 2.62. The van der Waals surface area contributed by atoms with E-state index in [1.165, 1.54) is 11.1 Å². The molecule has 3 aromatic rings. The van der Waals surface area contributed by atoms with Gasteiger partial charge in [-0.2, -0.15) is 10.1 Å². The fourth-order valence-electron chi connectivity index (χ4n) is 2.66. The van der Waals surface area contributed by atoms with E-state index in [-0.39, 0.29) is 11.5 Å². The Bertz CT molecular complexity index is 838. The van der Waals surface area contributed by atoms with Crippen LogP contribution in [0.5, 0.6) is 0 Å². The van der Waals surface area contributed by atoms with Crippen LogP contribution in [0, 0.1) is 0 Å². The molecule has 0 spiro atoms. The maximum atomic E-state index is 4.51. The van der Waals surface area contributed by atoms with E-state index in [4.69, 9.17) is 0 Å². The fourth-order valence-corrected chi connectivity index (χ4v) is 2.66. The number of aromatic nitrogens is 3. The minimum Gasteiger partial charge on any atom is -0.362 e. The zero-order valence-electron chi connectivity index (χ0n) is 15.7. The van der Waals surface area contributed by atoms with Crippen molar-refractivity contribution in [1.29, 1.82) is 0 Å². The average molecular weight is 347 g/mol. The highest BCUT2D eigenvalue weighted by Crippen LogP contribution is 2.24. The highest BCUT2D eigenvalue weighted by atomic mass is 15.3. The molecule has 0 fully saturated rings. The molecule has 0 radical (unpaired) electrons. The Kier molecular flexibility index (Phi) is 5.16. The van der Waals surface area contributed by atoms with E-state index < -0.39 is 0 Å². The van der Waals surface area contributed by atoms with Gasteiger partial charge in [-0.1, -0.05) is 63.2 Å². The summed E-state index contributed by atoms with van der Waals surface area (Å²) in [5.74, 6) is 1.16. The van der Waals surface area contributed by atoms with Gasteiger partial charge in [0.15, 0.2) is 5.82 Å². The lowest BCUT2D eigenvalue weighted by Crippen LogP contribution is -2.11. The van der Waals surface area contributed by atoms with Gasteiger partial charge in [0, 0.05) is 11.7 Å². The first-order chi connectivity index (χ1) is 12.4. The Hall–Kier alpha value is -2.95. The molecular weight excluding hydrogens is 322 g/mol. The highest BCUT2D eigenvalue weighted by Gasteiger charge is 2.13. The quantitative estimate of drug-likeness (QED) is 0.673. The molecule has 134 valence electrons. The van der Waals surface area contributed by atoms with Crippen LogP contribution in [0.1, 0.15) is 44.9 Å². The molecular formula is C21H25N5. The summed E-state index contributed by atoms with van der Waals surface area (Å²) in [5.41, 5.74) is 3.55. The lowest BCUT2D eigenvalue weighted by Gasteiger charge is -2.19. The van der Waals surface area contributed by atoms with Gasteiger partial charge in [-0.05, 0) is 35.6 Å². The third kappa shape index (κ3) is 4.57. The van der Waals surface area contributed by atoms with Gasteiger partial charge in [0.2, 0.25) is 5.95 Å². The summed E-state index contributed by atoms with van der Waals surface area (Å²) in [6, 6.07) is 18.7. The Balaban J connectivity index is 1.69. The first-order valence-electron chi connectivity index (χ1n) is 8.80. The molecule has 0 bridgehead atoms. The van der Waals surface area contributed by atoms with Crippen LogP contribution >= 0.6 is 0 Å². The van der Waals surface area contributed by atoms with Crippen molar-refractivity contribution in [3.8, 4) is 0 Å². The van der Waals surface area contributed by atoms with Crippen LogP contribution in [0.15, 0.2) is 60.8 Å². The predicted octanol–water partition coefficient (Wildman–Crippen LogP) is 5.09. The Morgan fingerprint density at radius 2 is 1.62 bits per heavy atom. The van der Waals surface area contributed by atoms with E-state index in [1.807, 2.05) is 30.3 Å². The predicted molar refractivity (Wildman–Crippen MR) is 107 cm³/mol. The molecule has 0 aliphatic heterocycles. The number of hydrogen-bond donors (Lipinski definition) is 2. The van der Waals surface area contributed by atoms with Crippen LogP contribution < -0.4 is 10.6 Å². The van der Waals surface area contributed by atoms with E-state index in [0.717, 1.165) is 5.69 Å². The Labute approximate surface area is 154 Å². The lowest BCUT2D eigenvalue weighted by molar-refractivity contribution is 0.590. The molecule has 1 heterocycles. The van der Waals surface area contributed by atoms with Gasteiger partial charge in [0.05, 0.1) is 6.20 Å². The van der Waals surface area contributed by atoms with Crippen LogP contribution in [0.4, 0.5) is 17.5 Å². The van der Waals surface area contributed by atoms with Crippen LogP contribution in [0.25, 0.3) is 0 Å². The fraction of sp³-hybridized carbons (Fsp3) is 0.286. The molecule has 0 aliphatic carbocycles.